The largest absolute Gasteiger partial charge is 0.325 e. The van der Waals surface area contributed by atoms with E-state index >= 15 is 0 Å². The first-order chi connectivity index (χ1) is 11.6. The third-order valence-electron chi connectivity index (χ3n) is 3.61. The Hall–Kier alpha value is -2.40. The van der Waals surface area contributed by atoms with Gasteiger partial charge in [0.2, 0.25) is 5.91 Å². The van der Waals surface area contributed by atoms with Crippen LogP contribution in [-0.2, 0) is 4.79 Å². The Morgan fingerprint density at radius 1 is 1.08 bits per heavy atom. The highest BCUT2D eigenvalue weighted by Crippen LogP contribution is 2.24. The fourth-order valence-electron chi connectivity index (χ4n) is 2.07. The zero-order valence-electron chi connectivity index (χ0n) is 14.5. The van der Waals surface area contributed by atoms with Gasteiger partial charge in [-0.05, 0) is 42.8 Å². The highest BCUT2D eigenvalue weighted by molar-refractivity contribution is 6.31. The smallest absolute Gasteiger partial charge is 0.258 e. The van der Waals surface area contributed by atoms with E-state index in [1.807, 2.05) is 27.7 Å². The molecule has 0 aliphatic rings. The molecule has 0 radical (unpaired) electrons. The van der Waals surface area contributed by atoms with Crippen molar-refractivity contribution in [3.63, 3.8) is 0 Å². The fraction of sp³-hybridized carbons (Fsp3) is 0.263. The van der Waals surface area contributed by atoms with E-state index in [9.17, 15) is 14.0 Å². The second-order valence-corrected chi connectivity index (χ2v) is 7.20. The van der Waals surface area contributed by atoms with Crippen molar-refractivity contribution < 1.29 is 14.0 Å². The predicted molar refractivity (Wildman–Crippen MR) is 98.6 cm³/mol. The van der Waals surface area contributed by atoms with Crippen molar-refractivity contribution in [2.75, 3.05) is 10.6 Å². The van der Waals surface area contributed by atoms with Gasteiger partial charge in [0.1, 0.15) is 0 Å². The van der Waals surface area contributed by atoms with Crippen molar-refractivity contribution in [3.8, 4) is 0 Å². The Kier molecular flexibility index (Phi) is 5.48. The van der Waals surface area contributed by atoms with Gasteiger partial charge >= 0.3 is 0 Å². The Labute approximate surface area is 151 Å². The summed E-state index contributed by atoms with van der Waals surface area (Å²) in [5.41, 5.74) is 1.29. The third-order valence-corrected chi connectivity index (χ3v) is 3.90. The van der Waals surface area contributed by atoms with Crippen LogP contribution in [-0.4, -0.2) is 11.8 Å². The lowest BCUT2D eigenvalue weighted by atomic mass is 9.95. The number of aryl methyl sites for hydroxylation is 1. The number of benzene rings is 2. The normalized spacial score (nSPS) is 11.1. The van der Waals surface area contributed by atoms with Crippen molar-refractivity contribution in [1.82, 2.24) is 0 Å². The van der Waals surface area contributed by atoms with Crippen LogP contribution in [0.1, 0.15) is 36.7 Å². The van der Waals surface area contributed by atoms with Crippen molar-refractivity contribution in [2.45, 2.75) is 27.7 Å². The van der Waals surface area contributed by atoms with E-state index < -0.39 is 17.1 Å². The van der Waals surface area contributed by atoms with Crippen molar-refractivity contribution in [2.24, 2.45) is 5.41 Å². The van der Waals surface area contributed by atoms with Gasteiger partial charge in [-0.1, -0.05) is 38.4 Å². The molecule has 0 aliphatic carbocycles. The molecule has 0 fully saturated rings. The number of carbonyl (C=O) groups is 2. The molecule has 0 spiro atoms. The van der Waals surface area contributed by atoms with Crippen LogP contribution < -0.4 is 10.6 Å². The minimum Gasteiger partial charge on any atom is -0.325 e. The maximum atomic E-state index is 13.9. The van der Waals surface area contributed by atoms with Crippen LogP contribution in [0.3, 0.4) is 0 Å². The molecule has 0 unspecified atom stereocenters. The molecule has 2 N–H and O–H groups in total. The number of carbonyl (C=O) groups excluding carboxylic acids is 2. The average molecular weight is 363 g/mol. The van der Waals surface area contributed by atoms with Crippen LogP contribution in [0.5, 0.6) is 0 Å². The van der Waals surface area contributed by atoms with Crippen LogP contribution >= 0.6 is 11.6 Å². The van der Waals surface area contributed by atoms with Gasteiger partial charge in [-0.15, -0.1) is 0 Å². The van der Waals surface area contributed by atoms with Crippen molar-refractivity contribution in [1.29, 1.82) is 0 Å². The molecule has 0 aromatic heterocycles. The molecule has 0 atom stereocenters. The number of nitrogens with one attached hydrogen (secondary N) is 2. The summed E-state index contributed by atoms with van der Waals surface area (Å²) >= 11 is 5.70. The van der Waals surface area contributed by atoms with Gasteiger partial charge in [0, 0.05) is 16.8 Å². The summed E-state index contributed by atoms with van der Waals surface area (Å²) in [6.45, 7) is 7.29. The molecule has 2 aromatic carbocycles. The number of amides is 2. The topological polar surface area (TPSA) is 58.2 Å². The van der Waals surface area contributed by atoms with Gasteiger partial charge in [0.15, 0.2) is 5.82 Å². The summed E-state index contributed by atoms with van der Waals surface area (Å²) in [5, 5.41) is 5.37. The highest BCUT2D eigenvalue weighted by atomic mass is 35.5. The first-order valence-electron chi connectivity index (χ1n) is 7.77. The molecular weight excluding hydrogens is 343 g/mol. The maximum Gasteiger partial charge on any atom is 0.258 e. The van der Waals surface area contributed by atoms with E-state index in [1.165, 1.54) is 18.2 Å². The first-order valence-corrected chi connectivity index (χ1v) is 8.15. The summed E-state index contributed by atoms with van der Waals surface area (Å²) < 4.78 is 13.9. The molecule has 0 aliphatic heterocycles. The minimum absolute atomic E-state index is 0.103. The average Bonchev–Trinajstić information content (AvgIpc) is 2.51. The van der Waals surface area contributed by atoms with Crippen molar-refractivity contribution in [3.05, 3.63) is 58.4 Å². The van der Waals surface area contributed by atoms with Gasteiger partial charge in [-0.3, -0.25) is 9.59 Å². The van der Waals surface area contributed by atoms with E-state index in [0.717, 1.165) is 5.56 Å². The molecule has 4 nitrogen and oxygen atoms in total. The van der Waals surface area contributed by atoms with Crippen LogP contribution in [0.15, 0.2) is 36.4 Å². The van der Waals surface area contributed by atoms with Crippen LogP contribution in [0.25, 0.3) is 0 Å². The van der Waals surface area contributed by atoms with E-state index in [2.05, 4.69) is 10.6 Å². The molecule has 0 bridgehead atoms. The summed E-state index contributed by atoms with van der Waals surface area (Å²) in [7, 11) is 0. The van der Waals surface area contributed by atoms with Gasteiger partial charge < -0.3 is 10.6 Å². The number of hydrogen-bond acceptors (Lipinski definition) is 2. The molecular formula is C19H20ClFN2O2. The molecule has 6 heteroatoms. The zero-order valence-corrected chi connectivity index (χ0v) is 15.3. The zero-order chi connectivity index (χ0) is 18.8. The van der Waals surface area contributed by atoms with Gasteiger partial charge in [0.25, 0.3) is 5.91 Å². The molecule has 132 valence electrons. The Balaban J connectivity index is 2.17. The first kappa shape index (κ1) is 18.9. The summed E-state index contributed by atoms with van der Waals surface area (Å²) in [4.78, 5) is 24.3. The van der Waals surface area contributed by atoms with Crippen LogP contribution in [0.2, 0.25) is 5.02 Å². The number of anilines is 2. The quantitative estimate of drug-likeness (QED) is 0.805. The Bertz CT molecular complexity index is 829. The van der Waals surface area contributed by atoms with Crippen LogP contribution in [0, 0.1) is 18.2 Å². The van der Waals surface area contributed by atoms with E-state index in [0.29, 0.717) is 11.4 Å². The summed E-state index contributed by atoms with van der Waals surface area (Å²) in [5.74, 6) is -1.45. The lowest BCUT2D eigenvalue weighted by Gasteiger charge is -2.19. The van der Waals surface area contributed by atoms with E-state index in [4.69, 9.17) is 11.6 Å². The summed E-state index contributed by atoms with van der Waals surface area (Å²) in [6, 6.07) is 9.30. The molecule has 0 saturated heterocycles. The van der Waals surface area contributed by atoms with Crippen LogP contribution in [0.4, 0.5) is 15.8 Å². The van der Waals surface area contributed by atoms with Gasteiger partial charge in [-0.2, -0.15) is 0 Å². The van der Waals surface area contributed by atoms with E-state index in [-0.39, 0.29) is 16.5 Å². The van der Waals surface area contributed by atoms with Gasteiger partial charge in [0.05, 0.1) is 10.6 Å². The SMILES string of the molecule is Cc1cc(NC(=O)c2cccc(Cl)c2F)ccc1NC(=O)C(C)(C)C. The molecule has 2 aromatic rings. The monoisotopic (exact) mass is 362 g/mol. The molecule has 0 heterocycles. The molecule has 25 heavy (non-hydrogen) atoms. The van der Waals surface area contributed by atoms with E-state index in [1.54, 1.807) is 18.2 Å². The minimum atomic E-state index is -0.757. The third kappa shape index (κ3) is 4.57. The summed E-state index contributed by atoms with van der Waals surface area (Å²) in [6.07, 6.45) is 0. The molecule has 0 saturated carbocycles. The lowest BCUT2D eigenvalue weighted by Crippen LogP contribution is -2.27. The standard InChI is InChI=1S/C19H20ClFN2O2/c1-11-10-12(8-9-15(11)23-18(25)19(2,3)4)22-17(24)13-6-5-7-14(20)16(13)21/h5-10H,1-4H3,(H,22,24)(H,23,25). The van der Waals surface area contributed by atoms with Gasteiger partial charge in [-0.25, -0.2) is 4.39 Å². The lowest BCUT2D eigenvalue weighted by molar-refractivity contribution is -0.123. The number of halogens is 2. The highest BCUT2D eigenvalue weighted by Gasteiger charge is 2.22. The maximum absolute atomic E-state index is 13.9. The Morgan fingerprint density at radius 2 is 1.76 bits per heavy atom. The number of rotatable bonds is 3. The van der Waals surface area contributed by atoms with Crippen molar-refractivity contribution >= 4 is 34.8 Å². The second-order valence-electron chi connectivity index (χ2n) is 6.79. The second kappa shape index (κ2) is 7.23. The number of hydrogen-bond donors (Lipinski definition) is 2. The predicted octanol–water partition coefficient (Wildman–Crippen LogP) is 5.02. The fourth-order valence-corrected chi connectivity index (χ4v) is 2.24. The Morgan fingerprint density at radius 3 is 2.36 bits per heavy atom. The molecule has 2 rings (SSSR count). The molecule has 2 amide bonds.